The Kier molecular flexibility index (Phi) is 1.99. The van der Waals surface area contributed by atoms with Gasteiger partial charge in [-0.15, -0.1) is 0 Å². The molecule has 0 aliphatic carbocycles. The van der Waals surface area contributed by atoms with Crippen LogP contribution < -0.4 is 0 Å². The van der Waals surface area contributed by atoms with Crippen LogP contribution in [0.25, 0.3) is 0 Å². The summed E-state index contributed by atoms with van der Waals surface area (Å²) in [6.45, 7) is 0. The predicted octanol–water partition coefficient (Wildman–Crippen LogP) is 0.986. The number of aliphatic imine (C=N–C) groups is 1. The largest absolute Gasteiger partial charge is 0.478 e. The van der Waals surface area contributed by atoms with Gasteiger partial charge in [-0.05, 0) is 12.5 Å². The van der Waals surface area contributed by atoms with Crippen LogP contribution in [0.1, 0.15) is 6.42 Å². The molecule has 10 heavy (non-hydrogen) atoms. The van der Waals surface area contributed by atoms with E-state index in [9.17, 15) is 4.79 Å². The zero-order valence-corrected chi connectivity index (χ0v) is 5.32. The molecule has 0 aromatic rings. The smallest absolute Gasteiger partial charge is 0.333 e. The lowest BCUT2D eigenvalue weighted by molar-refractivity contribution is -0.132. The minimum absolute atomic E-state index is 0.324. The fraction of sp³-hybridized carbons (Fsp3) is 0.143. The van der Waals surface area contributed by atoms with Crippen LogP contribution in [-0.4, -0.2) is 17.3 Å². The Morgan fingerprint density at radius 1 is 1.70 bits per heavy atom. The number of nitrogens with zero attached hydrogens (tertiary/aromatic N) is 1. The third-order valence-corrected chi connectivity index (χ3v) is 1.15. The van der Waals surface area contributed by atoms with Crippen molar-refractivity contribution in [2.24, 2.45) is 4.99 Å². The summed E-state index contributed by atoms with van der Waals surface area (Å²) in [5.41, 5.74) is 0.324. The van der Waals surface area contributed by atoms with E-state index in [0.29, 0.717) is 12.0 Å². The molecule has 0 radical (unpaired) electrons. The Morgan fingerprint density at radius 2 is 2.50 bits per heavy atom. The SMILES string of the molecule is O=C(O)C1=CN=CC=CC1. The molecular weight excluding hydrogens is 130 g/mol. The van der Waals surface area contributed by atoms with E-state index in [1.165, 1.54) is 6.20 Å². The molecule has 1 rings (SSSR count). The van der Waals surface area contributed by atoms with Crippen LogP contribution in [0.15, 0.2) is 28.9 Å². The van der Waals surface area contributed by atoms with Gasteiger partial charge in [0.2, 0.25) is 0 Å². The molecule has 3 heteroatoms. The van der Waals surface area contributed by atoms with Crippen LogP contribution in [0.4, 0.5) is 0 Å². The van der Waals surface area contributed by atoms with Crippen LogP contribution in [0.3, 0.4) is 0 Å². The van der Waals surface area contributed by atoms with Gasteiger partial charge in [-0.3, -0.25) is 4.99 Å². The molecular formula is C7H7NO2. The van der Waals surface area contributed by atoms with Crippen LogP contribution >= 0.6 is 0 Å². The van der Waals surface area contributed by atoms with Crippen molar-refractivity contribution in [2.75, 3.05) is 0 Å². The van der Waals surface area contributed by atoms with Gasteiger partial charge in [-0.2, -0.15) is 0 Å². The van der Waals surface area contributed by atoms with E-state index >= 15 is 0 Å². The third kappa shape index (κ3) is 1.55. The second kappa shape index (κ2) is 2.96. The summed E-state index contributed by atoms with van der Waals surface area (Å²) in [6, 6.07) is 0. The van der Waals surface area contributed by atoms with Gasteiger partial charge < -0.3 is 5.11 Å². The van der Waals surface area contributed by atoms with Crippen molar-refractivity contribution in [1.82, 2.24) is 0 Å². The Balaban J connectivity index is 2.78. The highest BCUT2D eigenvalue weighted by atomic mass is 16.4. The molecule has 1 heterocycles. The number of hydrogen-bond donors (Lipinski definition) is 1. The lowest BCUT2D eigenvalue weighted by Gasteiger charge is -1.91. The Hall–Kier alpha value is -1.38. The van der Waals surface area contributed by atoms with E-state index in [0.717, 1.165) is 0 Å². The molecule has 0 saturated heterocycles. The number of carboxylic acid groups (broad SMARTS) is 1. The van der Waals surface area contributed by atoms with Gasteiger partial charge in [0.15, 0.2) is 0 Å². The summed E-state index contributed by atoms with van der Waals surface area (Å²) in [6.07, 6.45) is 6.87. The van der Waals surface area contributed by atoms with Crippen molar-refractivity contribution in [3.05, 3.63) is 23.9 Å². The van der Waals surface area contributed by atoms with Crippen molar-refractivity contribution in [1.29, 1.82) is 0 Å². The van der Waals surface area contributed by atoms with Gasteiger partial charge in [-0.1, -0.05) is 6.08 Å². The maximum absolute atomic E-state index is 10.3. The molecule has 3 nitrogen and oxygen atoms in total. The first-order valence-electron chi connectivity index (χ1n) is 2.91. The summed E-state index contributed by atoms with van der Waals surface area (Å²) in [5, 5.41) is 8.49. The summed E-state index contributed by atoms with van der Waals surface area (Å²) < 4.78 is 0. The van der Waals surface area contributed by atoms with Crippen LogP contribution in [0.2, 0.25) is 0 Å². The van der Waals surface area contributed by atoms with E-state index in [4.69, 9.17) is 5.11 Å². The van der Waals surface area contributed by atoms with Crippen LogP contribution in [0, 0.1) is 0 Å². The number of aliphatic carboxylic acids is 1. The lowest BCUT2D eigenvalue weighted by Crippen LogP contribution is -1.98. The summed E-state index contributed by atoms with van der Waals surface area (Å²) >= 11 is 0. The summed E-state index contributed by atoms with van der Waals surface area (Å²) in [7, 11) is 0. The van der Waals surface area contributed by atoms with E-state index < -0.39 is 5.97 Å². The Labute approximate surface area is 58.4 Å². The van der Waals surface area contributed by atoms with Gasteiger partial charge in [0.25, 0.3) is 0 Å². The highest BCUT2D eigenvalue weighted by molar-refractivity contribution is 5.88. The predicted molar refractivity (Wildman–Crippen MR) is 38.0 cm³/mol. The second-order valence-electron chi connectivity index (χ2n) is 1.89. The van der Waals surface area contributed by atoms with Gasteiger partial charge in [0.1, 0.15) is 0 Å². The maximum Gasteiger partial charge on any atom is 0.333 e. The molecule has 0 bridgehead atoms. The number of carbonyl (C=O) groups is 1. The minimum atomic E-state index is -0.899. The number of rotatable bonds is 1. The van der Waals surface area contributed by atoms with Gasteiger partial charge in [0.05, 0.1) is 5.57 Å². The summed E-state index contributed by atoms with van der Waals surface area (Å²) in [4.78, 5) is 14.0. The molecule has 0 aromatic carbocycles. The maximum atomic E-state index is 10.3. The zero-order chi connectivity index (χ0) is 7.40. The van der Waals surface area contributed by atoms with E-state index in [1.54, 1.807) is 18.4 Å². The number of allylic oxidation sites excluding steroid dienone is 2. The molecule has 0 atom stereocenters. The fourth-order valence-electron chi connectivity index (χ4n) is 0.634. The second-order valence-corrected chi connectivity index (χ2v) is 1.89. The Bertz CT molecular complexity index is 226. The van der Waals surface area contributed by atoms with Crippen molar-refractivity contribution < 1.29 is 9.90 Å². The first-order valence-corrected chi connectivity index (χ1v) is 2.91. The number of carboxylic acids is 1. The monoisotopic (exact) mass is 137 g/mol. The lowest BCUT2D eigenvalue weighted by atomic mass is 10.2. The average Bonchev–Trinajstić information content (AvgIpc) is 2.12. The molecule has 0 aromatic heterocycles. The van der Waals surface area contributed by atoms with E-state index in [2.05, 4.69) is 4.99 Å². The molecule has 0 fully saturated rings. The molecule has 1 N–H and O–H groups in total. The molecule has 1 aliphatic rings. The average molecular weight is 137 g/mol. The zero-order valence-electron chi connectivity index (χ0n) is 5.32. The molecule has 1 aliphatic heterocycles. The molecule has 0 spiro atoms. The number of hydrogen-bond acceptors (Lipinski definition) is 2. The summed E-state index contributed by atoms with van der Waals surface area (Å²) in [5.74, 6) is -0.899. The Morgan fingerprint density at radius 3 is 3.20 bits per heavy atom. The quantitative estimate of drug-likeness (QED) is 0.585. The van der Waals surface area contributed by atoms with Crippen molar-refractivity contribution in [3.8, 4) is 0 Å². The van der Waals surface area contributed by atoms with Crippen LogP contribution in [0.5, 0.6) is 0 Å². The molecule has 52 valence electrons. The standard InChI is InChI=1S/C7H7NO2/c9-7(10)6-3-1-2-4-8-5-6/h1-2,4-5H,3H2,(H,9,10). The normalized spacial score (nSPS) is 16.2. The van der Waals surface area contributed by atoms with E-state index in [-0.39, 0.29) is 0 Å². The van der Waals surface area contributed by atoms with Crippen molar-refractivity contribution in [2.45, 2.75) is 6.42 Å². The molecule has 0 unspecified atom stereocenters. The van der Waals surface area contributed by atoms with Gasteiger partial charge in [0, 0.05) is 12.4 Å². The van der Waals surface area contributed by atoms with Crippen molar-refractivity contribution in [3.63, 3.8) is 0 Å². The van der Waals surface area contributed by atoms with Crippen LogP contribution in [-0.2, 0) is 4.79 Å². The first kappa shape index (κ1) is 6.74. The van der Waals surface area contributed by atoms with Crippen molar-refractivity contribution >= 4 is 12.2 Å². The highest BCUT2D eigenvalue weighted by Gasteiger charge is 2.04. The van der Waals surface area contributed by atoms with Gasteiger partial charge in [-0.25, -0.2) is 4.79 Å². The minimum Gasteiger partial charge on any atom is -0.478 e. The third-order valence-electron chi connectivity index (χ3n) is 1.15. The van der Waals surface area contributed by atoms with Gasteiger partial charge >= 0.3 is 5.97 Å². The fourth-order valence-corrected chi connectivity index (χ4v) is 0.634. The van der Waals surface area contributed by atoms with E-state index in [1.807, 2.05) is 0 Å². The topological polar surface area (TPSA) is 49.7 Å². The first-order chi connectivity index (χ1) is 4.80. The molecule has 0 saturated carbocycles. The molecule has 0 amide bonds. The highest BCUT2D eigenvalue weighted by Crippen LogP contribution is 2.04.